The zero-order valence-electron chi connectivity index (χ0n) is 42.6. The van der Waals surface area contributed by atoms with Crippen LogP contribution in [0.5, 0.6) is 0 Å². The van der Waals surface area contributed by atoms with Crippen LogP contribution in [-0.4, -0.2) is 133 Å². The van der Waals surface area contributed by atoms with E-state index in [0.717, 1.165) is 5.57 Å². The number of aliphatic hydroxyl groups is 2. The van der Waals surface area contributed by atoms with Crippen molar-refractivity contribution in [2.45, 2.75) is 187 Å². The topological polar surface area (TPSA) is 204 Å². The Labute approximate surface area is 404 Å². The molecule has 2 amide bonds. The number of amides is 2. The van der Waals surface area contributed by atoms with Gasteiger partial charge in [-0.3, -0.25) is 24.0 Å². The van der Waals surface area contributed by atoms with Crippen molar-refractivity contribution < 1.29 is 62.7 Å². The van der Waals surface area contributed by atoms with E-state index in [0.29, 0.717) is 69.8 Å². The molecule has 3 heterocycles. The highest BCUT2D eigenvalue weighted by molar-refractivity contribution is 6.39. The quantitative estimate of drug-likeness (QED) is 0.145. The summed E-state index contributed by atoms with van der Waals surface area (Å²) in [7, 11) is 4.53. The van der Waals surface area contributed by atoms with E-state index in [2.05, 4.69) is 5.32 Å². The number of fused-ring (bicyclic) bond motifs is 3. The number of methoxy groups -OCH3 is 3. The fraction of sp³-hybridized carbons (Fsp3) is 0.736. The normalized spacial score (nSPS) is 39.0. The highest BCUT2D eigenvalue weighted by Gasteiger charge is 2.55. The maximum absolute atomic E-state index is 14.8. The molecule has 15 atom stereocenters. The number of nitrogens with one attached hydrogen (secondary N) is 1. The molecule has 382 valence electrons. The van der Waals surface area contributed by atoms with Crippen LogP contribution in [0.3, 0.4) is 0 Å². The highest BCUT2D eigenvalue weighted by atomic mass is 16.6. The highest BCUT2D eigenvalue weighted by Crippen LogP contribution is 2.38. The summed E-state index contributed by atoms with van der Waals surface area (Å²) in [5.41, 5.74) is -0.742. The summed E-state index contributed by atoms with van der Waals surface area (Å²) in [6.07, 6.45) is 11.2. The Balaban J connectivity index is 1.75. The molecule has 0 spiro atoms. The molecule has 15 nitrogen and oxygen atoms in total. The number of hydrogen-bond acceptors (Lipinski definition) is 13. The number of cyclic esters (lactones) is 1. The number of aliphatic hydroxyl groups excluding tert-OH is 2. The summed E-state index contributed by atoms with van der Waals surface area (Å²) >= 11 is 0. The molecule has 3 aliphatic heterocycles. The molecule has 3 N–H and O–H groups in total. The summed E-state index contributed by atoms with van der Waals surface area (Å²) in [5, 5.41) is 24.7. The Hall–Kier alpha value is -3.86. The third kappa shape index (κ3) is 14.8. The lowest BCUT2D eigenvalue weighted by molar-refractivity contribution is -0.198. The minimum absolute atomic E-state index is 0.0102. The molecule has 1 aliphatic carbocycles. The van der Waals surface area contributed by atoms with Crippen molar-refractivity contribution in [1.29, 1.82) is 0 Å². The van der Waals surface area contributed by atoms with E-state index in [1.54, 1.807) is 41.1 Å². The lowest BCUT2D eigenvalue weighted by Gasteiger charge is -2.46. The molecule has 0 radical (unpaired) electrons. The van der Waals surface area contributed by atoms with Gasteiger partial charge in [0.05, 0.1) is 24.4 Å². The SMILES string of the molecule is COC1CC(C[C@@H](C)[C@@H]2CC(=O)[C@H](C)/C=C(\C)C(O)[C@@H](OC)C(=O)C(C)C[C@H](C)/C=C/C=C/C=C(\C)[C@@H](OC)C[C@@H]3CCC(C)C(NC(C)=O)(O3)C(=O)C(=O)N3CCCCC3C(=O)O2)CC[C@H]1O. The number of nitrogens with zero attached hydrogens (tertiary/aromatic N) is 1. The number of rotatable bonds is 7. The Bertz CT molecular complexity index is 1880. The third-order valence-corrected chi connectivity index (χ3v) is 14.9. The number of esters is 1. The predicted octanol–water partition coefficient (Wildman–Crippen LogP) is 6.32. The third-order valence-electron chi connectivity index (χ3n) is 14.9. The van der Waals surface area contributed by atoms with Gasteiger partial charge in [-0.2, -0.15) is 0 Å². The average Bonchev–Trinajstić information content (AvgIpc) is 3.30. The van der Waals surface area contributed by atoms with Crippen molar-refractivity contribution in [1.82, 2.24) is 10.2 Å². The van der Waals surface area contributed by atoms with Gasteiger partial charge in [0.1, 0.15) is 30.1 Å². The van der Waals surface area contributed by atoms with Crippen molar-refractivity contribution in [3.63, 3.8) is 0 Å². The smallest absolute Gasteiger partial charge is 0.329 e. The minimum Gasteiger partial charge on any atom is -0.460 e. The molecule has 3 fully saturated rings. The lowest BCUT2D eigenvalue weighted by atomic mass is 9.78. The Morgan fingerprint density at radius 1 is 0.882 bits per heavy atom. The van der Waals surface area contributed by atoms with Crippen molar-refractivity contribution in [3.8, 4) is 0 Å². The molecule has 2 bridgehead atoms. The monoisotopic (exact) mass is 955 g/mol. The van der Waals surface area contributed by atoms with Gasteiger partial charge in [-0.15, -0.1) is 0 Å². The number of carbonyl (C=O) groups excluding carboxylic acids is 6. The molecule has 1 saturated carbocycles. The second-order valence-corrected chi connectivity index (χ2v) is 20.3. The van der Waals surface area contributed by atoms with Crippen LogP contribution in [-0.2, 0) is 52.5 Å². The van der Waals surface area contributed by atoms with E-state index in [-0.39, 0.29) is 54.8 Å². The number of piperidine rings is 1. The first-order valence-corrected chi connectivity index (χ1v) is 24.9. The molecule has 7 unspecified atom stereocenters. The van der Waals surface area contributed by atoms with Crippen LogP contribution in [0.25, 0.3) is 0 Å². The van der Waals surface area contributed by atoms with Gasteiger partial charge in [0.25, 0.3) is 11.7 Å². The first-order valence-electron chi connectivity index (χ1n) is 24.9. The molecule has 15 heteroatoms. The van der Waals surface area contributed by atoms with Gasteiger partial charge in [-0.05, 0) is 107 Å². The maximum Gasteiger partial charge on any atom is 0.329 e. The summed E-state index contributed by atoms with van der Waals surface area (Å²) in [5.74, 6) is -5.80. The van der Waals surface area contributed by atoms with E-state index < -0.39 is 89.7 Å². The van der Waals surface area contributed by atoms with Crippen molar-refractivity contribution in [2.75, 3.05) is 27.9 Å². The van der Waals surface area contributed by atoms with E-state index in [1.807, 2.05) is 58.1 Å². The Morgan fingerprint density at radius 3 is 2.26 bits per heavy atom. The first-order chi connectivity index (χ1) is 32.2. The van der Waals surface area contributed by atoms with Crippen LogP contribution in [0, 0.1) is 35.5 Å². The van der Waals surface area contributed by atoms with Gasteiger partial charge < -0.3 is 44.1 Å². The number of Topliss-reactive ketones (excluding diaryl/α,β-unsaturated/α-hetero) is 3. The second kappa shape index (κ2) is 26.4. The fourth-order valence-corrected chi connectivity index (χ4v) is 10.6. The summed E-state index contributed by atoms with van der Waals surface area (Å²) in [6.45, 7) is 14.1. The molecule has 68 heavy (non-hydrogen) atoms. The zero-order valence-corrected chi connectivity index (χ0v) is 42.6. The van der Waals surface area contributed by atoms with Crippen LogP contribution >= 0.6 is 0 Å². The molecular formula is C53H82N2O13. The fourth-order valence-electron chi connectivity index (χ4n) is 10.6. The molecule has 0 aromatic heterocycles. The molecule has 0 aromatic carbocycles. The van der Waals surface area contributed by atoms with Crippen LogP contribution in [0.15, 0.2) is 47.6 Å². The van der Waals surface area contributed by atoms with Crippen molar-refractivity contribution in [2.24, 2.45) is 35.5 Å². The van der Waals surface area contributed by atoms with Crippen LogP contribution in [0.2, 0.25) is 0 Å². The van der Waals surface area contributed by atoms with Crippen LogP contribution in [0.1, 0.15) is 132 Å². The number of allylic oxidation sites excluding steroid dienone is 6. The van der Waals surface area contributed by atoms with Gasteiger partial charge >= 0.3 is 5.97 Å². The number of ketones is 3. The molecule has 0 aromatic rings. The zero-order chi connectivity index (χ0) is 50.5. The molecule has 4 aliphatic rings. The lowest BCUT2D eigenvalue weighted by Crippen LogP contribution is -2.67. The average molecular weight is 955 g/mol. The van der Waals surface area contributed by atoms with Crippen molar-refractivity contribution >= 4 is 35.1 Å². The summed E-state index contributed by atoms with van der Waals surface area (Å²) in [6, 6.07) is -1.15. The van der Waals surface area contributed by atoms with Gasteiger partial charge in [0.2, 0.25) is 11.6 Å². The summed E-state index contributed by atoms with van der Waals surface area (Å²) < 4.78 is 29.9. The van der Waals surface area contributed by atoms with E-state index >= 15 is 0 Å². The molecular weight excluding hydrogens is 873 g/mol. The van der Waals surface area contributed by atoms with E-state index in [1.165, 1.54) is 18.9 Å². The van der Waals surface area contributed by atoms with E-state index in [9.17, 15) is 39.0 Å². The van der Waals surface area contributed by atoms with Crippen LogP contribution in [0.4, 0.5) is 0 Å². The van der Waals surface area contributed by atoms with Gasteiger partial charge in [0, 0.05) is 65.4 Å². The number of carbonyl (C=O) groups is 6. The number of ether oxygens (including phenoxy) is 5. The van der Waals surface area contributed by atoms with Gasteiger partial charge in [-0.1, -0.05) is 71.1 Å². The maximum atomic E-state index is 14.8. The van der Waals surface area contributed by atoms with Crippen molar-refractivity contribution in [3.05, 3.63) is 47.6 Å². The molecule has 2 saturated heterocycles. The largest absolute Gasteiger partial charge is 0.460 e. The predicted molar refractivity (Wildman–Crippen MR) is 257 cm³/mol. The Kier molecular flexibility index (Phi) is 22.0. The number of hydrogen-bond donors (Lipinski definition) is 3. The first kappa shape index (κ1) is 56.7. The molecule has 4 rings (SSSR count). The van der Waals surface area contributed by atoms with Crippen LogP contribution < -0.4 is 5.32 Å². The van der Waals surface area contributed by atoms with Gasteiger partial charge in [0.15, 0.2) is 5.78 Å². The minimum atomic E-state index is -2.01. The van der Waals surface area contributed by atoms with E-state index in [4.69, 9.17) is 23.7 Å². The summed E-state index contributed by atoms with van der Waals surface area (Å²) in [4.78, 5) is 86.0. The standard InChI is InChI=1S/C53H82N2O13/c1-31-17-13-12-14-18-32(2)44(64-9)29-40-22-20-37(7)53(68-40,54-38(8)56)50(61)51(62)55-24-16-15-19-41(55)52(63)67-45(34(4)27-39-21-23-42(57)46(28-39)65-10)30-43(58)33(3)26-36(6)48(60)49(66-11)47(59)35(5)25-31/h12-14,17-18,26,31,33-35,37,39-42,44-46,48-49,57,60H,15-16,19-25,27-30H2,1-11H3,(H,54,56)/b14-12+,17-13+,32-18+,36-26+/t31-,33-,34-,35?,37?,39?,40+,41?,42-,44+,45+,46?,48?,49+,53?/m1/s1. The van der Waals surface area contributed by atoms with Gasteiger partial charge in [-0.25, -0.2) is 4.79 Å². The Morgan fingerprint density at radius 2 is 1.60 bits per heavy atom. The second-order valence-electron chi connectivity index (χ2n) is 20.3.